The lowest BCUT2D eigenvalue weighted by atomic mass is 10.1. The van der Waals surface area contributed by atoms with Gasteiger partial charge in [0.1, 0.15) is 18.3 Å². The molecular formula is C31H38N4O7S. The molecule has 12 heteroatoms. The number of hydrogen-bond donors (Lipinski definition) is 1. The molecule has 0 saturated carbocycles. The number of nitrogens with one attached hydrogen (secondary N) is 1. The van der Waals surface area contributed by atoms with Gasteiger partial charge < -0.3 is 15.0 Å². The summed E-state index contributed by atoms with van der Waals surface area (Å²) >= 11 is 0. The summed E-state index contributed by atoms with van der Waals surface area (Å²) in [5.74, 6) is -0.484. The van der Waals surface area contributed by atoms with Crippen LogP contribution in [0.5, 0.6) is 5.75 Å². The van der Waals surface area contributed by atoms with Gasteiger partial charge in [-0.25, -0.2) is 8.42 Å². The highest BCUT2D eigenvalue weighted by atomic mass is 32.2. The summed E-state index contributed by atoms with van der Waals surface area (Å²) < 4.78 is 34.3. The number of carbonyl (C=O) groups excluding carboxylic acids is 2. The van der Waals surface area contributed by atoms with E-state index in [1.54, 1.807) is 19.1 Å². The third-order valence-corrected chi connectivity index (χ3v) is 8.96. The first-order chi connectivity index (χ1) is 20.4. The van der Waals surface area contributed by atoms with Gasteiger partial charge in [-0.2, -0.15) is 0 Å². The van der Waals surface area contributed by atoms with Crippen molar-refractivity contribution in [3.63, 3.8) is 0 Å². The standard InChI is InChI=1S/C31H38N4O7S/c1-6-23(4)32-31(37)28(7-2)33(20-24-11-9-8-10-12-24)30(36)21-34(25-14-16-26(42-5)17-15-25)43(40,41)27-18-13-22(3)29(19-27)35(38)39/h8-19,23,28H,6-7,20-21H2,1-5H3,(H,32,37)/t23-,28-/m0/s1. The first-order valence-electron chi connectivity index (χ1n) is 14.0. The summed E-state index contributed by atoms with van der Waals surface area (Å²) in [6, 6.07) is 17.8. The van der Waals surface area contributed by atoms with Crippen molar-refractivity contribution < 1.29 is 27.7 Å². The summed E-state index contributed by atoms with van der Waals surface area (Å²) in [4.78, 5) is 39.5. The minimum absolute atomic E-state index is 0.0681. The van der Waals surface area contributed by atoms with Crippen LogP contribution in [0.25, 0.3) is 0 Å². The number of methoxy groups -OCH3 is 1. The second kappa shape index (κ2) is 14.6. The van der Waals surface area contributed by atoms with E-state index in [0.717, 1.165) is 15.9 Å². The van der Waals surface area contributed by atoms with E-state index in [4.69, 9.17) is 4.74 Å². The molecule has 3 aromatic rings. The van der Waals surface area contributed by atoms with E-state index >= 15 is 0 Å². The van der Waals surface area contributed by atoms with Gasteiger partial charge in [-0.15, -0.1) is 0 Å². The number of nitrogens with zero attached hydrogens (tertiary/aromatic N) is 3. The Hall–Kier alpha value is -4.45. The van der Waals surface area contributed by atoms with Gasteiger partial charge in [0.15, 0.2) is 0 Å². The number of carbonyl (C=O) groups is 2. The number of hydrogen-bond acceptors (Lipinski definition) is 7. The Morgan fingerprint density at radius 3 is 2.21 bits per heavy atom. The zero-order valence-corrected chi connectivity index (χ0v) is 25.8. The molecule has 0 bridgehead atoms. The second-order valence-corrected chi connectivity index (χ2v) is 12.0. The van der Waals surface area contributed by atoms with Crippen molar-refractivity contribution in [3.05, 3.63) is 94.0 Å². The Morgan fingerprint density at radius 2 is 1.65 bits per heavy atom. The van der Waals surface area contributed by atoms with Crippen molar-refractivity contribution in [1.82, 2.24) is 10.2 Å². The van der Waals surface area contributed by atoms with Gasteiger partial charge in [0.05, 0.1) is 22.6 Å². The summed E-state index contributed by atoms with van der Waals surface area (Å²) in [5.41, 5.74) is 0.844. The molecule has 0 aromatic heterocycles. The number of ether oxygens (including phenoxy) is 1. The summed E-state index contributed by atoms with van der Waals surface area (Å²) in [5, 5.41) is 14.5. The highest BCUT2D eigenvalue weighted by molar-refractivity contribution is 7.92. The van der Waals surface area contributed by atoms with Gasteiger partial charge in [-0.3, -0.25) is 24.0 Å². The molecule has 1 N–H and O–H groups in total. The van der Waals surface area contributed by atoms with E-state index in [2.05, 4.69) is 5.32 Å². The Balaban J connectivity index is 2.11. The van der Waals surface area contributed by atoms with Gasteiger partial charge in [0, 0.05) is 24.2 Å². The fourth-order valence-electron chi connectivity index (χ4n) is 4.49. The van der Waals surface area contributed by atoms with Gasteiger partial charge in [0.2, 0.25) is 11.8 Å². The Morgan fingerprint density at radius 1 is 1.00 bits per heavy atom. The molecule has 0 aliphatic carbocycles. The number of rotatable bonds is 14. The van der Waals surface area contributed by atoms with Crippen LogP contribution in [0.15, 0.2) is 77.7 Å². The number of nitro benzene ring substituents is 1. The summed E-state index contributed by atoms with van der Waals surface area (Å²) in [7, 11) is -3.02. The molecule has 3 aromatic carbocycles. The van der Waals surface area contributed by atoms with Crippen molar-refractivity contribution in [2.75, 3.05) is 18.0 Å². The van der Waals surface area contributed by atoms with Gasteiger partial charge >= 0.3 is 0 Å². The summed E-state index contributed by atoms with van der Waals surface area (Å²) in [6.45, 7) is 6.51. The number of benzene rings is 3. The lowest BCUT2D eigenvalue weighted by Crippen LogP contribution is -2.53. The molecule has 0 heterocycles. The second-order valence-electron chi connectivity index (χ2n) is 10.2. The third kappa shape index (κ3) is 8.10. The number of amides is 2. The SMILES string of the molecule is CC[C@H](C)NC(=O)[C@H](CC)N(Cc1ccccc1)C(=O)CN(c1ccc(OC)cc1)S(=O)(=O)c1ccc(C)c([N+](=O)[O-])c1. The van der Waals surface area contributed by atoms with Crippen LogP contribution in [0.4, 0.5) is 11.4 Å². The minimum atomic E-state index is -4.48. The molecule has 0 aliphatic rings. The molecule has 0 aliphatic heterocycles. The van der Waals surface area contributed by atoms with Crippen molar-refractivity contribution in [3.8, 4) is 5.75 Å². The lowest BCUT2D eigenvalue weighted by Gasteiger charge is -2.33. The fourth-order valence-corrected chi connectivity index (χ4v) is 5.93. The molecule has 2 atom stereocenters. The third-order valence-electron chi connectivity index (χ3n) is 7.19. The maximum absolute atomic E-state index is 14.1. The van der Waals surface area contributed by atoms with Crippen LogP contribution < -0.4 is 14.4 Å². The molecule has 230 valence electrons. The van der Waals surface area contributed by atoms with E-state index in [1.165, 1.54) is 43.2 Å². The predicted molar refractivity (Wildman–Crippen MR) is 164 cm³/mol. The highest BCUT2D eigenvalue weighted by Crippen LogP contribution is 2.29. The van der Waals surface area contributed by atoms with Crippen LogP contribution in [-0.2, 0) is 26.2 Å². The van der Waals surface area contributed by atoms with E-state index in [-0.39, 0.29) is 34.8 Å². The molecule has 11 nitrogen and oxygen atoms in total. The fraction of sp³-hybridized carbons (Fsp3) is 0.355. The quantitative estimate of drug-likeness (QED) is 0.204. The van der Waals surface area contributed by atoms with Crippen LogP contribution in [-0.4, -0.2) is 55.8 Å². The zero-order valence-electron chi connectivity index (χ0n) is 25.0. The molecule has 0 radical (unpaired) electrons. The Kier molecular flexibility index (Phi) is 11.2. The Bertz CT molecular complexity index is 1530. The van der Waals surface area contributed by atoms with E-state index in [0.29, 0.717) is 24.2 Å². The van der Waals surface area contributed by atoms with Gasteiger partial charge in [0.25, 0.3) is 15.7 Å². The number of aryl methyl sites for hydroxylation is 1. The van der Waals surface area contributed by atoms with Crippen LogP contribution in [0.3, 0.4) is 0 Å². The van der Waals surface area contributed by atoms with E-state index in [9.17, 15) is 28.1 Å². The topological polar surface area (TPSA) is 139 Å². The average molecular weight is 611 g/mol. The normalized spacial score (nSPS) is 12.6. The smallest absolute Gasteiger partial charge is 0.273 e. The van der Waals surface area contributed by atoms with Crippen molar-refractivity contribution in [2.45, 2.75) is 64.1 Å². The first kappa shape index (κ1) is 33.1. The number of anilines is 1. The maximum atomic E-state index is 14.1. The molecule has 3 rings (SSSR count). The maximum Gasteiger partial charge on any atom is 0.273 e. The van der Waals surface area contributed by atoms with Crippen molar-refractivity contribution in [2.24, 2.45) is 0 Å². The monoisotopic (exact) mass is 610 g/mol. The first-order valence-corrected chi connectivity index (χ1v) is 15.4. The molecule has 0 saturated heterocycles. The van der Waals surface area contributed by atoms with Crippen molar-refractivity contribution >= 4 is 33.2 Å². The van der Waals surface area contributed by atoms with Crippen LogP contribution >= 0.6 is 0 Å². The highest BCUT2D eigenvalue weighted by Gasteiger charge is 2.34. The van der Waals surface area contributed by atoms with E-state index in [1.807, 2.05) is 44.2 Å². The number of sulfonamides is 1. The van der Waals surface area contributed by atoms with Crippen LogP contribution in [0.2, 0.25) is 0 Å². The molecule has 43 heavy (non-hydrogen) atoms. The molecule has 0 fully saturated rings. The van der Waals surface area contributed by atoms with Crippen molar-refractivity contribution in [1.29, 1.82) is 0 Å². The van der Waals surface area contributed by atoms with Crippen LogP contribution in [0, 0.1) is 17.0 Å². The average Bonchev–Trinajstić information content (AvgIpc) is 3.00. The largest absolute Gasteiger partial charge is 0.497 e. The molecular weight excluding hydrogens is 572 g/mol. The minimum Gasteiger partial charge on any atom is -0.497 e. The lowest BCUT2D eigenvalue weighted by molar-refractivity contribution is -0.385. The van der Waals surface area contributed by atoms with Gasteiger partial charge in [-0.1, -0.05) is 50.2 Å². The molecule has 0 unspecified atom stereocenters. The Labute approximate surface area is 252 Å². The van der Waals surface area contributed by atoms with E-state index < -0.39 is 33.4 Å². The molecule has 2 amide bonds. The molecule has 0 spiro atoms. The van der Waals surface area contributed by atoms with Crippen LogP contribution in [0.1, 0.15) is 44.7 Å². The number of nitro groups is 1. The summed E-state index contributed by atoms with van der Waals surface area (Å²) in [6.07, 6.45) is 0.987. The van der Waals surface area contributed by atoms with Gasteiger partial charge in [-0.05, 0) is 62.6 Å². The predicted octanol–water partition coefficient (Wildman–Crippen LogP) is 4.83. The zero-order chi connectivity index (χ0) is 31.7.